The van der Waals surface area contributed by atoms with Gasteiger partial charge in [-0.15, -0.1) is 0 Å². The molecule has 1 heterocycles. The second-order valence-corrected chi connectivity index (χ2v) is 7.29. The monoisotopic (exact) mass is 268 g/mol. The Labute approximate surface area is 107 Å². The smallest absolute Gasteiger partial charge is 0.154 e. The first kappa shape index (κ1) is 12.0. The van der Waals surface area contributed by atoms with E-state index in [1.807, 2.05) is 18.2 Å². The molecule has 2 atom stereocenters. The minimum Gasteiger partial charge on any atom is -0.489 e. The maximum absolute atomic E-state index is 11.3. The van der Waals surface area contributed by atoms with Crippen molar-refractivity contribution in [2.75, 3.05) is 11.5 Å². The van der Waals surface area contributed by atoms with Gasteiger partial charge in [0.25, 0.3) is 0 Å². The summed E-state index contributed by atoms with van der Waals surface area (Å²) in [7, 11) is -2.90. The Morgan fingerprint density at radius 2 is 2.11 bits per heavy atom. The van der Waals surface area contributed by atoms with Crippen LogP contribution in [-0.4, -0.2) is 31.1 Å². The number of ether oxygens (including phenoxy) is 1. The van der Waals surface area contributed by atoms with Crippen molar-refractivity contribution >= 4 is 9.84 Å². The van der Waals surface area contributed by atoms with Crippen LogP contribution in [0.4, 0.5) is 0 Å². The average molecular weight is 268 g/mol. The third kappa shape index (κ3) is 2.24. The molecule has 1 aromatic carbocycles. The summed E-state index contributed by atoms with van der Waals surface area (Å²) in [6.07, 6.45) is 1.61. The van der Waals surface area contributed by atoms with Gasteiger partial charge in [-0.1, -0.05) is 6.07 Å². The highest BCUT2D eigenvalue weighted by molar-refractivity contribution is 7.91. The minimum absolute atomic E-state index is 0.118. The third-order valence-electron chi connectivity index (χ3n) is 3.65. The van der Waals surface area contributed by atoms with Gasteiger partial charge in [-0.05, 0) is 42.5 Å². The zero-order valence-electron chi connectivity index (χ0n) is 10.0. The van der Waals surface area contributed by atoms with Crippen molar-refractivity contribution in [1.29, 1.82) is 0 Å². The van der Waals surface area contributed by atoms with Crippen molar-refractivity contribution in [3.63, 3.8) is 0 Å². The topological polar surface area (TPSA) is 63.6 Å². The number of aliphatic hydroxyl groups excluding tert-OH is 1. The molecule has 3 rings (SSSR count). The molecular weight excluding hydrogens is 252 g/mol. The van der Waals surface area contributed by atoms with Gasteiger partial charge < -0.3 is 9.84 Å². The molecule has 1 unspecified atom stereocenters. The first-order chi connectivity index (χ1) is 8.53. The Balaban J connectivity index is 1.75. The van der Waals surface area contributed by atoms with E-state index in [4.69, 9.17) is 4.74 Å². The van der Waals surface area contributed by atoms with Crippen LogP contribution in [-0.2, 0) is 16.3 Å². The summed E-state index contributed by atoms with van der Waals surface area (Å²) >= 11 is 0. The summed E-state index contributed by atoms with van der Waals surface area (Å²) in [5.41, 5.74) is 2.09. The second kappa shape index (κ2) is 4.24. The predicted octanol–water partition coefficient (Wildman–Crippen LogP) is 1.23. The van der Waals surface area contributed by atoms with Crippen LogP contribution in [0.25, 0.3) is 0 Å². The molecule has 4 nitrogen and oxygen atoms in total. The highest BCUT2D eigenvalue weighted by atomic mass is 32.2. The lowest BCUT2D eigenvalue weighted by Crippen LogP contribution is -2.17. The number of benzene rings is 1. The molecule has 0 radical (unpaired) electrons. The van der Waals surface area contributed by atoms with Gasteiger partial charge in [-0.2, -0.15) is 0 Å². The maximum Gasteiger partial charge on any atom is 0.154 e. The van der Waals surface area contributed by atoms with E-state index >= 15 is 0 Å². The molecule has 2 aliphatic rings. The Kier molecular flexibility index (Phi) is 2.83. The Morgan fingerprint density at radius 3 is 2.83 bits per heavy atom. The molecule has 98 valence electrons. The molecule has 1 N–H and O–H groups in total. The lowest BCUT2D eigenvalue weighted by atomic mass is 10.1. The van der Waals surface area contributed by atoms with Crippen LogP contribution >= 0.6 is 0 Å². The average Bonchev–Trinajstić information content (AvgIpc) is 2.83. The van der Waals surface area contributed by atoms with Gasteiger partial charge in [0.15, 0.2) is 9.84 Å². The summed E-state index contributed by atoms with van der Waals surface area (Å²) < 4.78 is 28.4. The number of sulfone groups is 1. The molecule has 0 spiro atoms. The minimum atomic E-state index is -2.90. The molecule has 0 aromatic heterocycles. The highest BCUT2D eigenvalue weighted by Gasteiger charge is 2.29. The van der Waals surface area contributed by atoms with E-state index in [-0.39, 0.29) is 23.7 Å². The fourth-order valence-corrected chi connectivity index (χ4v) is 4.28. The van der Waals surface area contributed by atoms with E-state index in [0.717, 1.165) is 24.0 Å². The number of aliphatic hydroxyl groups is 1. The molecule has 1 fully saturated rings. The van der Waals surface area contributed by atoms with Gasteiger partial charge >= 0.3 is 0 Å². The van der Waals surface area contributed by atoms with E-state index in [1.54, 1.807) is 0 Å². The quantitative estimate of drug-likeness (QED) is 0.876. The normalized spacial score (nSPS) is 29.2. The van der Waals surface area contributed by atoms with Crippen LogP contribution in [0.1, 0.15) is 30.1 Å². The van der Waals surface area contributed by atoms with Crippen molar-refractivity contribution in [2.24, 2.45) is 0 Å². The van der Waals surface area contributed by atoms with Crippen molar-refractivity contribution in [1.82, 2.24) is 0 Å². The molecule has 0 bridgehead atoms. The van der Waals surface area contributed by atoms with Gasteiger partial charge in [0, 0.05) is 0 Å². The Hall–Kier alpha value is -1.07. The number of hydrogen-bond acceptors (Lipinski definition) is 4. The maximum atomic E-state index is 11.3. The molecule has 1 aromatic rings. The third-order valence-corrected chi connectivity index (χ3v) is 5.39. The highest BCUT2D eigenvalue weighted by Crippen LogP contribution is 2.33. The Morgan fingerprint density at radius 1 is 1.28 bits per heavy atom. The molecule has 1 aliphatic carbocycles. The van der Waals surface area contributed by atoms with Crippen LogP contribution in [0.3, 0.4) is 0 Å². The number of hydrogen-bond donors (Lipinski definition) is 1. The van der Waals surface area contributed by atoms with Crippen LogP contribution in [0.15, 0.2) is 18.2 Å². The summed E-state index contributed by atoms with van der Waals surface area (Å²) in [4.78, 5) is 0. The SMILES string of the molecule is O=S1(=O)CCC(Oc2ccc3c(c2)CC[C@H]3O)C1. The van der Waals surface area contributed by atoms with E-state index in [0.29, 0.717) is 12.2 Å². The first-order valence-electron chi connectivity index (χ1n) is 6.21. The fraction of sp³-hybridized carbons (Fsp3) is 0.538. The Bertz CT molecular complexity index is 564. The predicted molar refractivity (Wildman–Crippen MR) is 67.4 cm³/mol. The first-order valence-corrected chi connectivity index (χ1v) is 8.04. The van der Waals surface area contributed by atoms with E-state index in [9.17, 15) is 13.5 Å². The van der Waals surface area contributed by atoms with E-state index in [1.165, 1.54) is 0 Å². The summed E-state index contributed by atoms with van der Waals surface area (Å²) in [6, 6.07) is 5.63. The lowest BCUT2D eigenvalue weighted by molar-refractivity contribution is 0.180. The van der Waals surface area contributed by atoms with Gasteiger partial charge in [0.1, 0.15) is 11.9 Å². The van der Waals surface area contributed by atoms with Crippen molar-refractivity contribution < 1.29 is 18.3 Å². The van der Waals surface area contributed by atoms with Crippen molar-refractivity contribution in [3.05, 3.63) is 29.3 Å². The largest absolute Gasteiger partial charge is 0.489 e. The van der Waals surface area contributed by atoms with Crippen molar-refractivity contribution in [2.45, 2.75) is 31.5 Å². The summed E-state index contributed by atoms with van der Waals surface area (Å²) in [5, 5.41) is 9.70. The molecule has 18 heavy (non-hydrogen) atoms. The zero-order valence-corrected chi connectivity index (χ0v) is 10.8. The van der Waals surface area contributed by atoms with Gasteiger partial charge in [-0.25, -0.2) is 8.42 Å². The van der Waals surface area contributed by atoms with Gasteiger partial charge in [0.05, 0.1) is 17.6 Å². The lowest BCUT2D eigenvalue weighted by Gasteiger charge is -2.13. The molecule has 5 heteroatoms. The van der Waals surface area contributed by atoms with Gasteiger partial charge in [-0.3, -0.25) is 0 Å². The van der Waals surface area contributed by atoms with E-state index in [2.05, 4.69) is 0 Å². The number of fused-ring (bicyclic) bond motifs is 1. The van der Waals surface area contributed by atoms with Crippen LogP contribution in [0.5, 0.6) is 5.75 Å². The van der Waals surface area contributed by atoms with Crippen LogP contribution in [0, 0.1) is 0 Å². The van der Waals surface area contributed by atoms with Crippen LogP contribution in [0.2, 0.25) is 0 Å². The standard InChI is InChI=1S/C13H16O4S/c14-13-4-1-9-7-10(2-3-12(9)13)17-11-5-6-18(15,16)8-11/h2-3,7,11,13-14H,1,4-6,8H2/t11?,13-/m1/s1. The van der Waals surface area contributed by atoms with Gasteiger partial charge in [0.2, 0.25) is 0 Å². The van der Waals surface area contributed by atoms with Crippen molar-refractivity contribution in [3.8, 4) is 5.75 Å². The molecule has 1 aliphatic heterocycles. The van der Waals surface area contributed by atoms with Crippen LogP contribution < -0.4 is 4.74 Å². The summed E-state index contributed by atoms with van der Waals surface area (Å²) in [6.45, 7) is 0. The fourth-order valence-electron chi connectivity index (χ4n) is 2.69. The number of aryl methyl sites for hydroxylation is 1. The molecule has 1 saturated heterocycles. The zero-order chi connectivity index (χ0) is 12.8. The van der Waals surface area contributed by atoms with E-state index < -0.39 is 9.84 Å². The molecule has 0 amide bonds. The second-order valence-electron chi connectivity index (χ2n) is 5.06. The number of rotatable bonds is 2. The molecular formula is C13H16O4S. The summed E-state index contributed by atoms with van der Waals surface area (Å²) in [5.74, 6) is 1.05. The molecule has 0 saturated carbocycles.